The Balaban J connectivity index is 1.68. The van der Waals surface area contributed by atoms with Crippen LogP contribution >= 0.6 is 11.6 Å². The molecule has 1 amide bonds. The Morgan fingerprint density at radius 2 is 1.81 bits per heavy atom. The number of ether oxygens (including phenoxy) is 2. The minimum atomic E-state index is -4.41. The molecule has 1 aliphatic heterocycles. The Bertz CT molecular complexity index is 807. The van der Waals surface area contributed by atoms with Gasteiger partial charge in [-0.3, -0.25) is 4.79 Å². The standard InChI is InChI=1S/C18H15ClF3NO3/c19-14-8-11(9-15-17(14)26-7-1-6-25-15)10-16(24)23-13-4-2-12(3-5-13)18(20,21)22/h2-5,8-9H,1,6-7,10H2,(H,23,24). The normalized spacial score (nSPS) is 13.8. The molecule has 3 rings (SSSR count). The fourth-order valence-corrected chi connectivity index (χ4v) is 2.81. The van der Waals surface area contributed by atoms with Crippen LogP contribution in [0, 0.1) is 0 Å². The average Bonchev–Trinajstić information content (AvgIpc) is 2.80. The van der Waals surface area contributed by atoms with Gasteiger partial charge in [-0.2, -0.15) is 13.2 Å². The molecule has 0 aromatic heterocycles. The van der Waals surface area contributed by atoms with Crippen LogP contribution in [0.2, 0.25) is 5.02 Å². The minimum Gasteiger partial charge on any atom is -0.489 e. The summed E-state index contributed by atoms with van der Waals surface area (Å²) in [5, 5.41) is 2.91. The van der Waals surface area contributed by atoms with Gasteiger partial charge in [0.15, 0.2) is 11.5 Å². The summed E-state index contributed by atoms with van der Waals surface area (Å²) in [5.41, 5.74) is 0.122. The van der Waals surface area contributed by atoms with Gasteiger partial charge in [-0.05, 0) is 42.0 Å². The fourth-order valence-electron chi connectivity index (χ4n) is 2.52. The number of hydrogen-bond donors (Lipinski definition) is 1. The van der Waals surface area contributed by atoms with Crippen LogP contribution in [0.4, 0.5) is 18.9 Å². The molecule has 1 heterocycles. The van der Waals surface area contributed by atoms with E-state index in [4.69, 9.17) is 21.1 Å². The zero-order valence-corrected chi connectivity index (χ0v) is 14.3. The Kier molecular flexibility index (Phi) is 5.27. The van der Waals surface area contributed by atoms with Gasteiger partial charge in [0.05, 0.1) is 30.2 Å². The third-order valence-corrected chi connectivity index (χ3v) is 4.00. The zero-order valence-electron chi connectivity index (χ0n) is 13.5. The van der Waals surface area contributed by atoms with E-state index in [9.17, 15) is 18.0 Å². The summed E-state index contributed by atoms with van der Waals surface area (Å²) in [4.78, 5) is 12.2. The van der Waals surface area contributed by atoms with Gasteiger partial charge in [-0.25, -0.2) is 0 Å². The van der Waals surface area contributed by atoms with Crippen LogP contribution in [0.15, 0.2) is 36.4 Å². The van der Waals surface area contributed by atoms with Crippen molar-refractivity contribution in [2.24, 2.45) is 0 Å². The number of nitrogens with one attached hydrogen (secondary N) is 1. The number of hydrogen-bond acceptors (Lipinski definition) is 3. The van der Waals surface area contributed by atoms with Gasteiger partial charge < -0.3 is 14.8 Å². The van der Waals surface area contributed by atoms with Crippen molar-refractivity contribution in [2.45, 2.75) is 19.0 Å². The highest BCUT2D eigenvalue weighted by atomic mass is 35.5. The van der Waals surface area contributed by atoms with E-state index >= 15 is 0 Å². The molecule has 0 bridgehead atoms. The maximum absolute atomic E-state index is 12.6. The molecule has 1 N–H and O–H groups in total. The second kappa shape index (κ2) is 7.45. The zero-order chi connectivity index (χ0) is 18.7. The molecule has 0 radical (unpaired) electrons. The lowest BCUT2D eigenvalue weighted by atomic mass is 10.1. The van der Waals surface area contributed by atoms with Crippen LogP contribution in [0.25, 0.3) is 0 Å². The van der Waals surface area contributed by atoms with E-state index in [1.165, 1.54) is 12.1 Å². The SMILES string of the molecule is O=C(Cc1cc(Cl)c2c(c1)OCCCO2)Nc1ccc(C(F)(F)F)cc1. The van der Waals surface area contributed by atoms with Crippen LogP contribution in [0.5, 0.6) is 11.5 Å². The van der Waals surface area contributed by atoms with Crippen LogP contribution in [0.1, 0.15) is 17.5 Å². The van der Waals surface area contributed by atoms with Crippen molar-refractivity contribution in [3.05, 3.63) is 52.5 Å². The summed E-state index contributed by atoms with van der Waals surface area (Å²) < 4.78 is 48.7. The van der Waals surface area contributed by atoms with Crippen molar-refractivity contribution in [2.75, 3.05) is 18.5 Å². The number of benzene rings is 2. The molecule has 0 spiro atoms. The highest BCUT2D eigenvalue weighted by Crippen LogP contribution is 2.38. The lowest BCUT2D eigenvalue weighted by molar-refractivity contribution is -0.137. The Labute approximate surface area is 152 Å². The van der Waals surface area contributed by atoms with E-state index in [-0.39, 0.29) is 18.0 Å². The molecular weight excluding hydrogens is 371 g/mol. The number of fused-ring (bicyclic) bond motifs is 1. The highest BCUT2D eigenvalue weighted by molar-refractivity contribution is 6.32. The number of carbonyl (C=O) groups excluding carboxylic acids is 1. The first-order valence-electron chi connectivity index (χ1n) is 7.88. The van der Waals surface area contributed by atoms with Gasteiger partial charge in [0.1, 0.15) is 0 Å². The number of anilines is 1. The number of alkyl halides is 3. The molecule has 2 aromatic carbocycles. The van der Waals surface area contributed by atoms with Gasteiger partial charge in [-0.1, -0.05) is 11.6 Å². The number of amides is 1. The van der Waals surface area contributed by atoms with Gasteiger partial charge in [0.2, 0.25) is 5.91 Å². The van der Waals surface area contributed by atoms with Crippen molar-refractivity contribution in [3.63, 3.8) is 0 Å². The fraction of sp³-hybridized carbons (Fsp3) is 0.278. The monoisotopic (exact) mass is 385 g/mol. The third kappa shape index (κ3) is 4.40. The molecule has 1 aliphatic rings. The minimum absolute atomic E-state index is 0.00260. The first-order valence-corrected chi connectivity index (χ1v) is 8.26. The summed E-state index contributed by atoms with van der Waals surface area (Å²) in [6, 6.07) is 7.55. The predicted octanol–water partition coefficient (Wildman–Crippen LogP) is 4.70. The third-order valence-electron chi connectivity index (χ3n) is 3.72. The van der Waals surface area contributed by atoms with E-state index in [1.807, 2.05) is 0 Å². The Morgan fingerprint density at radius 1 is 1.12 bits per heavy atom. The van der Waals surface area contributed by atoms with Crippen molar-refractivity contribution >= 4 is 23.2 Å². The largest absolute Gasteiger partial charge is 0.489 e. The number of carbonyl (C=O) groups is 1. The summed E-state index contributed by atoms with van der Waals surface area (Å²) >= 11 is 6.18. The topological polar surface area (TPSA) is 47.6 Å². The van der Waals surface area contributed by atoms with E-state index in [0.29, 0.717) is 35.3 Å². The first kappa shape index (κ1) is 18.4. The molecule has 26 heavy (non-hydrogen) atoms. The summed E-state index contributed by atoms with van der Waals surface area (Å²) in [6.45, 7) is 0.991. The number of halogens is 4. The second-order valence-electron chi connectivity index (χ2n) is 5.76. The summed E-state index contributed by atoms with van der Waals surface area (Å²) in [5.74, 6) is 0.554. The molecule has 2 aromatic rings. The van der Waals surface area contributed by atoms with Gasteiger partial charge in [0.25, 0.3) is 0 Å². The van der Waals surface area contributed by atoms with E-state index < -0.39 is 11.7 Å². The lowest BCUT2D eigenvalue weighted by Gasteiger charge is -2.12. The van der Waals surface area contributed by atoms with Crippen molar-refractivity contribution in [1.29, 1.82) is 0 Å². The van der Waals surface area contributed by atoms with Crippen LogP contribution in [-0.2, 0) is 17.4 Å². The number of rotatable bonds is 3. The van der Waals surface area contributed by atoms with Gasteiger partial charge >= 0.3 is 6.18 Å². The van der Waals surface area contributed by atoms with Crippen molar-refractivity contribution in [3.8, 4) is 11.5 Å². The molecule has 0 saturated heterocycles. The van der Waals surface area contributed by atoms with Crippen molar-refractivity contribution < 1.29 is 27.4 Å². The molecule has 0 saturated carbocycles. The molecule has 0 aliphatic carbocycles. The quantitative estimate of drug-likeness (QED) is 0.833. The molecule has 8 heteroatoms. The van der Waals surface area contributed by atoms with Gasteiger partial charge in [0, 0.05) is 12.1 Å². The lowest BCUT2D eigenvalue weighted by Crippen LogP contribution is -2.15. The van der Waals surface area contributed by atoms with Crippen LogP contribution in [-0.4, -0.2) is 19.1 Å². The summed E-state index contributed by atoms with van der Waals surface area (Å²) in [7, 11) is 0. The van der Waals surface area contributed by atoms with Crippen LogP contribution in [0.3, 0.4) is 0 Å². The molecule has 0 atom stereocenters. The molecular formula is C18H15ClF3NO3. The molecule has 4 nitrogen and oxygen atoms in total. The van der Waals surface area contributed by atoms with Crippen LogP contribution < -0.4 is 14.8 Å². The molecule has 138 valence electrons. The average molecular weight is 386 g/mol. The smallest absolute Gasteiger partial charge is 0.416 e. The van der Waals surface area contributed by atoms with E-state index in [0.717, 1.165) is 18.6 Å². The van der Waals surface area contributed by atoms with E-state index in [2.05, 4.69) is 5.32 Å². The highest BCUT2D eigenvalue weighted by Gasteiger charge is 2.30. The summed E-state index contributed by atoms with van der Waals surface area (Å²) in [6.07, 6.45) is -3.69. The Hall–Kier alpha value is -2.41. The van der Waals surface area contributed by atoms with Crippen molar-refractivity contribution in [1.82, 2.24) is 0 Å². The first-order chi connectivity index (χ1) is 12.3. The maximum atomic E-state index is 12.6. The second-order valence-corrected chi connectivity index (χ2v) is 6.16. The molecule has 0 unspecified atom stereocenters. The Morgan fingerprint density at radius 3 is 2.50 bits per heavy atom. The molecule has 0 fully saturated rings. The maximum Gasteiger partial charge on any atom is 0.416 e. The van der Waals surface area contributed by atoms with Gasteiger partial charge in [-0.15, -0.1) is 0 Å². The predicted molar refractivity (Wildman–Crippen MR) is 90.8 cm³/mol. The van der Waals surface area contributed by atoms with E-state index in [1.54, 1.807) is 12.1 Å².